The van der Waals surface area contributed by atoms with Gasteiger partial charge in [0.25, 0.3) is 0 Å². The molecule has 0 fully saturated rings. The van der Waals surface area contributed by atoms with Crippen LogP contribution in [0.5, 0.6) is 0 Å². The van der Waals surface area contributed by atoms with Gasteiger partial charge < -0.3 is 5.11 Å². The van der Waals surface area contributed by atoms with Gasteiger partial charge in [-0.05, 0) is 42.2 Å². The van der Waals surface area contributed by atoms with E-state index < -0.39 is 26.1 Å². The lowest BCUT2D eigenvalue weighted by Gasteiger charge is -2.16. The summed E-state index contributed by atoms with van der Waals surface area (Å²) in [4.78, 5) is 0. The second kappa shape index (κ2) is 6.78. The zero-order valence-electron chi connectivity index (χ0n) is 14.7. The lowest BCUT2D eigenvalue weighted by Crippen LogP contribution is -2.29. The first-order valence-corrected chi connectivity index (χ1v) is 11.3. The maximum Gasteiger partial charge on any atom is 0.330 e. The molecule has 3 rings (SSSR count). The van der Waals surface area contributed by atoms with Crippen LogP contribution in [-0.2, 0) is 26.7 Å². The molecule has 8 nitrogen and oxygen atoms in total. The molecule has 0 spiro atoms. The third-order valence-electron chi connectivity index (χ3n) is 3.96. The smallest absolute Gasteiger partial charge is 0.330 e. The quantitative estimate of drug-likeness (QED) is 0.698. The van der Waals surface area contributed by atoms with Crippen LogP contribution in [0.4, 0.5) is 11.4 Å². The van der Waals surface area contributed by atoms with Gasteiger partial charge in [0.05, 0.1) is 23.8 Å². The van der Waals surface area contributed by atoms with E-state index in [1.54, 1.807) is 24.3 Å². The number of hydrogen-bond donors (Lipinski definition) is 3. The predicted octanol–water partition coefficient (Wildman–Crippen LogP) is 1.97. The maximum atomic E-state index is 11.9. The molecule has 0 saturated heterocycles. The molecule has 144 valence electrons. The molecule has 0 saturated carbocycles. The summed E-state index contributed by atoms with van der Waals surface area (Å²) < 4.78 is 52.5. The van der Waals surface area contributed by atoms with Crippen LogP contribution in [-0.4, -0.2) is 28.2 Å². The van der Waals surface area contributed by atoms with Gasteiger partial charge in [-0.1, -0.05) is 30.3 Å². The van der Waals surface area contributed by atoms with E-state index in [9.17, 15) is 21.9 Å². The summed E-state index contributed by atoms with van der Waals surface area (Å²) >= 11 is 0. The molecule has 1 heterocycles. The Morgan fingerprint density at radius 1 is 1.15 bits per heavy atom. The first-order valence-electron chi connectivity index (χ1n) is 7.93. The van der Waals surface area contributed by atoms with Crippen LogP contribution in [0, 0.1) is 6.92 Å². The molecule has 10 heteroatoms. The number of aliphatic hydroxyl groups excluding tert-OH is 1. The van der Waals surface area contributed by atoms with Crippen LogP contribution in [0.2, 0.25) is 0 Å². The standard InChI is InChI=1S/C17H19N3O5S2/c1-12-4-3-5-14(17(12)19-26(2,22)23)10-13-6-8-15(9-7-13)20-11-16(21)18-27(20,24)25/h3-9,11,18-19,21H,10H2,1-2H3. The summed E-state index contributed by atoms with van der Waals surface area (Å²) in [5, 5.41) is 9.37. The first kappa shape index (κ1) is 19.1. The van der Waals surface area contributed by atoms with Gasteiger partial charge in [0.1, 0.15) is 0 Å². The second-order valence-corrected chi connectivity index (χ2v) is 9.54. The van der Waals surface area contributed by atoms with Crippen molar-refractivity contribution in [2.45, 2.75) is 13.3 Å². The van der Waals surface area contributed by atoms with E-state index in [0.717, 1.165) is 33.5 Å². The number of hydrogen-bond acceptors (Lipinski definition) is 5. The van der Waals surface area contributed by atoms with E-state index in [4.69, 9.17) is 0 Å². The van der Waals surface area contributed by atoms with Crippen LogP contribution in [0.25, 0.3) is 0 Å². The molecule has 1 aliphatic heterocycles. The van der Waals surface area contributed by atoms with Crippen molar-refractivity contribution in [1.82, 2.24) is 4.72 Å². The fourth-order valence-corrected chi connectivity index (χ4v) is 4.51. The lowest BCUT2D eigenvalue weighted by molar-refractivity contribution is 0.392. The van der Waals surface area contributed by atoms with Gasteiger partial charge in [-0.3, -0.25) is 4.72 Å². The topological polar surface area (TPSA) is 116 Å². The van der Waals surface area contributed by atoms with Crippen LogP contribution >= 0.6 is 0 Å². The predicted molar refractivity (Wildman–Crippen MR) is 104 cm³/mol. The van der Waals surface area contributed by atoms with Crippen molar-refractivity contribution in [2.24, 2.45) is 0 Å². The first-order chi connectivity index (χ1) is 12.5. The Hall–Kier alpha value is -2.72. The Morgan fingerprint density at radius 3 is 2.37 bits per heavy atom. The van der Waals surface area contributed by atoms with Crippen molar-refractivity contribution in [2.75, 3.05) is 15.3 Å². The second-order valence-electron chi connectivity index (χ2n) is 6.24. The Labute approximate surface area is 158 Å². The van der Waals surface area contributed by atoms with Crippen LogP contribution in [0.15, 0.2) is 54.5 Å². The number of nitrogens with zero attached hydrogens (tertiary/aromatic N) is 1. The Bertz CT molecular complexity index is 1110. The van der Waals surface area contributed by atoms with Gasteiger partial charge in [-0.2, -0.15) is 8.42 Å². The molecule has 0 bridgehead atoms. The van der Waals surface area contributed by atoms with Gasteiger partial charge >= 0.3 is 10.2 Å². The van der Waals surface area contributed by atoms with Crippen molar-refractivity contribution >= 4 is 31.6 Å². The summed E-state index contributed by atoms with van der Waals surface area (Å²) in [6.07, 6.45) is 2.65. The molecule has 0 radical (unpaired) electrons. The van der Waals surface area contributed by atoms with Crippen molar-refractivity contribution < 1.29 is 21.9 Å². The third-order valence-corrected chi connectivity index (χ3v) is 5.84. The molecule has 0 aliphatic carbocycles. The van der Waals surface area contributed by atoms with Gasteiger partial charge in [0, 0.05) is 0 Å². The Morgan fingerprint density at radius 2 is 1.81 bits per heavy atom. The largest absolute Gasteiger partial charge is 0.493 e. The molecule has 27 heavy (non-hydrogen) atoms. The van der Waals surface area contributed by atoms with Crippen LogP contribution in [0.1, 0.15) is 16.7 Å². The highest BCUT2D eigenvalue weighted by Crippen LogP contribution is 2.27. The number of aryl methyl sites for hydroxylation is 1. The van der Waals surface area contributed by atoms with Gasteiger partial charge in [0.15, 0.2) is 0 Å². The van der Waals surface area contributed by atoms with Crippen LogP contribution in [0.3, 0.4) is 0 Å². The summed E-state index contributed by atoms with van der Waals surface area (Å²) in [7, 11) is -7.24. The minimum absolute atomic E-state index is 0.369. The van der Waals surface area contributed by atoms with Gasteiger partial charge in [0.2, 0.25) is 15.9 Å². The van der Waals surface area contributed by atoms with E-state index in [1.807, 2.05) is 29.8 Å². The summed E-state index contributed by atoms with van der Waals surface area (Å²) in [6.45, 7) is 1.82. The number of anilines is 2. The van der Waals surface area contributed by atoms with E-state index in [0.29, 0.717) is 17.8 Å². The minimum Gasteiger partial charge on any atom is -0.493 e. The highest BCUT2D eigenvalue weighted by molar-refractivity contribution is 7.92. The summed E-state index contributed by atoms with van der Waals surface area (Å²) in [6, 6.07) is 12.2. The third kappa shape index (κ3) is 4.34. The van der Waals surface area contributed by atoms with Crippen LogP contribution < -0.4 is 13.7 Å². The summed E-state index contributed by atoms with van der Waals surface area (Å²) in [5.41, 5.74) is 3.40. The van der Waals surface area contributed by atoms with Crippen molar-refractivity contribution in [1.29, 1.82) is 0 Å². The molecule has 2 aromatic carbocycles. The molecule has 0 amide bonds. The number of rotatable bonds is 5. The highest BCUT2D eigenvalue weighted by atomic mass is 32.2. The number of aliphatic hydroxyl groups is 1. The summed E-state index contributed by atoms with van der Waals surface area (Å²) in [5.74, 6) is -0.449. The average Bonchev–Trinajstić information content (AvgIpc) is 2.83. The zero-order valence-corrected chi connectivity index (χ0v) is 16.3. The van der Waals surface area contributed by atoms with E-state index >= 15 is 0 Å². The fourth-order valence-electron chi connectivity index (χ4n) is 2.79. The normalized spacial score (nSPS) is 15.9. The fraction of sp³-hybridized carbons (Fsp3) is 0.176. The number of para-hydroxylation sites is 1. The zero-order chi connectivity index (χ0) is 19.8. The number of sulfonamides is 1. The van der Waals surface area contributed by atoms with Crippen molar-refractivity contribution in [3.8, 4) is 0 Å². The number of benzene rings is 2. The van der Waals surface area contributed by atoms with Crippen molar-refractivity contribution in [3.63, 3.8) is 0 Å². The SMILES string of the molecule is Cc1cccc(Cc2ccc(N3C=C(O)NS3(=O)=O)cc2)c1NS(C)(=O)=O. The lowest BCUT2D eigenvalue weighted by atomic mass is 10.0. The molecular weight excluding hydrogens is 390 g/mol. The van der Waals surface area contributed by atoms with Gasteiger partial charge in [-0.15, -0.1) is 0 Å². The molecule has 2 aromatic rings. The molecular formula is C17H19N3O5S2. The molecule has 1 aliphatic rings. The average molecular weight is 409 g/mol. The van der Waals surface area contributed by atoms with E-state index in [-0.39, 0.29) is 0 Å². The Kier molecular flexibility index (Phi) is 4.79. The minimum atomic E-state index is -3.83. The van der Waals surface area contributed by atoms with E-state index in [2.05, 4.69) is 4.72 Å². The molecule has 3 N–H and O–H groups in total. The Balaban J connectivity index is 1.87. The maximum absolute atomic E-state index is 11.9. The molecule has 0 atom stereocenters. The van der Waals surface area contributed by atoms with Crippen molar-refractivity contribution in [3.05, 3.63) is 71.2 Å². The number of nitrogens with one attached hydrogen (secondary N) is 2. The molecule has 0 unspecified atom stereocenters. The van der Waals surface area contributed by atoms with Gasteiger partial charge in [-0.25, -0.2) is 17.4 Å². The highest BCUT2D eigenvalue weighted by Gasteiger charge is 2.28. The van der Waals surface area contributed by atoms with E-state index in [1.165, 1.54) is 0 Å². The molecule has 0 aromatic heterocycles. The monoisotopic (exact) mass is 409 g/mol.